The molecule has 3 nitrogen and oxygen atoms in total. The molecule has 0 aliphatic rings. The Balaban J connectivity index is 0. The van der Waals surface area contributed by atoms with Crippen LogP contribution >= 0.6 is 24.8 Å². The molecule has 0 bridgehead atoms. The molecule has 0 saturated carbocycles. The zero-order chi connectivity index (χ0) is 9.68. The number of nitrogens with zero attached hydrogens (tertiary/aromatic N) is 2. The van der Waals surface area contributed by atoms with Gasteiger partial charge in [0.25, 0.3) is 0 Å². The Bertz CT molecular complexity index is 247. The van der Waals surface area contributed by atoms with Gasteiger partial charge in [-0.15, -0.1) is 24.8 Å². The van der Waals surface area contributed by atoms with Gasteiger partial charge in [0.05, 0.1) is 0 Å². The van der Waals surface area contributed by atoms with Gasteiger partial charge in [0, 0.05) is 25.8 Å². The minimum Gasteiger partial charge on any atom is -0.357 e. The topological polar surface area (TPSA) is 42.1 Å². The third-order valence-electron chi connectivity index (χ3n) is 2.13. The molecule has 0 fully saturated rings. The second-order valence-electron chi connectivity index (χ2n) is 2.90. The predicted octanol–water partition coefficient (Wildman–Crippen LogP) is 2.23. The highest BCUT2D eigenvalue weighted by Gasteiger charge is 2.01. The first-order chi connectivity index (χ1) is 6.31. The van der Waals surface area contributed by atoms with Gasteiger partial charge in [-0.1, -0.05) is 6.07 Å². The zero-order valence-corrected chi connectivity index (χ0v) is 10.8. The van der Waals surface area contributed by atoms with Crippen LogP contribution in [0.25, 0.3) is 0 Å². The molecule has 1 heterocycles. The first-order valence-electron chi connectivity index (χ1n) is 4.71. The Morgan fingerprint density at radius 1 is 1.20 bits per heavy atom. The van der Waals surface area contributed by atoms with Crippen LogP contribution in [-0.4, -0.2) is 18.1 Å². The SMILES string of the molecule is CCN(CC)c1ccc(CN)cn1.Cl.Cl. The van der Waals surface area contributed by atoms with Crippen molar-refractivity contribution in [1.82, 2.24) is 4.98 Å². The maximum atomic E-state index is 5.49. The van der Waals surface area contributed by atoms with Crippen molar-refractivity contribution in [1.29, 1.82) is 0 Å². The molecule has 0 spiro atoms. The maximum absolute atomic E-state index is 5.49. The number of pyridine rings is 1. The van der Waals surface area contributed by atoms with Crippen molar-refractivity contribution in [2.75, 3.05) is 18.0 Å². The van der Waals surface area contributed by atoms with E-state index in [1.807, 2.05) is 18.3 Å². The number of halogens is 2. The van der Waals surface area contributed by atoms with Crippen molar-refractivity contribution in [2.45, 2.75) is 20.4 Å². The van der Waals surface area contributed by atoms with Crippen LogP contribution in [0.4, 0.5) is 5.82 Å². The molecule has 0 atom stereocenters. The number of rotatable bonds is 4. The number of hydrogen-bond acceptors (Lipinski definition) is 3. The first kappa shape index (κ1) is 16.9. The largest absolute Gasteiger partial charge is 0.357 e. The van der Waals surface area contributed by atoms with Crippen molar-refractivity contribution in [3.05, 3.63) is 23.9 Å². The second-order valence-corrected chi connectivity index (χ2v) is 2.90. The Hall–Kier alpha value is -0.510. The second kappa shape index (κ2) is 8.77. The Morgan fingerprint density at radius 2 is 1.80 bits per heavy atom. The van der Waals surface area contributed by atoms with Crippen LogP contribution in [0.5, 0.6) is 0 Å². The lowest BCUT2D eigenvalue weighted by molar-refractivity contribution is 0.843. The van der Waals surface area contributed by atoms with Crippen molar-refractivity contribution < 1.29 is 0 Å². The number of aromatic nitrogens is 1. The summed E-state index contributed by atoms with van der Waals surface area (Å²) in [5.41, 5.74) is 6.57. The Labute approximate surface area is 104 Å². The van der Waals surface area contributed by atoms with E-state index < -0.39 is 0 Å². The molecule has 1 rings (SSSR count). The Kier molecular flexibility index (Phi) is 9.88. The summed E-state index contributed by atoms with van der Waals surface area (Å²) in [4.78, 5) is 6.55. The van der Waals surface area contributed by atoms with E-state index in [0.29, 0.717) is 6.54 Å². The van der Waals surface area contributed by atoms with Crippen LogP contribution in [0, 0.1) is 0 Å². The van der Waals surface area contributed by atoms with E-state index in [4.69, 9.17) is 5.73 Å². The lowest BCUT2D eigenvalue weighted by Crippen LogP contribution is -2.22. The molecule has 0 aromatic carbocycles. The molecule has 2 N–H and O–H groups in total. The average molecular weight is 252 g/mol. The number of nitrogens with two attached hydrogens (primary N) is 1. The van der Waals surface area contributed by atoms with E-state index in [0.717, 1.165) is 24.5 Å². The van der Waals surface area contributed by atoms with Gasteiger partial charge in [-0.2, -0.15) is 0 Å². The van der Waals surface area contributed by atoms with E-state index in [-0.39, 0.29) is 24.8 Å². The van der Waals surface area contributed by atoms with E-state index in [1.165, 1.54) is 0 Å². The van der Waals surface area contributed by atoms with Gasteiger partial charge in [-0.05, 0) is 25.5 Å². The number of hydrogen-bond donors (Lipinski definition) is 1. The van der Waals surface area contributed by atoms with Gasteiger partial charge in [0.1, 0.15) is 5.82 Å². The summed E-state index contributed by atoms with van der Waals surface area (Å²) in [6.45, 7) is 6.80. The summed E-state index contributed by atoms with van der Waals surface area (Å²) in [7, 11) is 0. The highest BCUT2D eigenvalue weighted by Crippen LogP contribution is 2.09. The van der Waals surface area contributed by atoms with Crippen molar-refractivity contribution >= 4 is 30.6 Å². The molecule has 5 heteroatoms. The molecule has 0 saturated heterocycles. The molecule has 88 valence electrons. The van der Waals surface area contributed by atoms with Crippen molar-refractivity contribution in [3.63, 3.8) is 0 Å². The first-order valence-corrected chi connectivity index (χ1v) is 4.71. The summed E-state index contributed by atoms with van der Waals surface area (Å²) >= 11 is 0. The molecule has 1 aromatic heterocycles. The normalized spacial score (nSPS) is 8.73. The average Bonchev–Trinajstić information content (AvgIpc) is 2.21. The molecule has 15 heavy (non-hydrogen) atoms. The van der Waals surface area contributed by atoms with Crippen LogP contribution in [-0.2, 0) is 6.54 Å². The zero-order valence-electron chi connectivity index (χ0n) is 9.14. The Morgan fingerprint density at radius 3 is 2.13 bits per heavy atom. The molecule has 0 amide bonds. The summed E-state index contributed by atoms with van der Waals surface area (Å²) < 4.78 is 0. The minimum atomic E-state index is 0. The van der Waals surface area contributed by atoms with Crippen LogP contribution in [0.15, 0.2) is 18.3 Å². The summed E-state index contributed by atoms with van der Waals surface area (Å²) in [6, 6.07) is 4.05. The fraction of sp³-hybridized carbons (Fsp3) is 0.500. The molecular weight excluding hydrogens is 233 g/mol. The van der Waals surface area contributed by atoms with Gasteiger partial charge in [0.2, 0.25) is 0 Å². The highest BCUT2D eigenvalue weighted by atomic mass is 35.5. The summed E-state index contributed by atoms with van der Waals surface area (Å²) in [5, 5.41) is 0. The van der Waals surface area contributed by atoms with E-state index in [1.54, 1.807) is 0 Å². The predicted molar refractivity (Wildman–Crippen MR) is 70.2 cm³/mol. The lowest BCUT2D eigenvalue weighted by Gasteiger charge is -2.19. The van der Waals surface area contributed by atoms with Gasteiger partial charge in [-0.25, -0.2) is 4.98 Å². The molecular formula is C10H19Cl2N3. The maximum Gasteiger partial charge on any atom is 0.128 e. The minimum absolute atomic E-state index is 0. The molecule has 0 aliphatic heterocycles. The highest BCUT2D eigenvalue weighted by molar-refractivity contribution is 5.85. The van der Waals surface area contributed by atoms with E-state index >= 15 is 0 Å². The molecule has 1 aromatic rings. The van der Waals surface area contributed by atoms with Gasteiger partial charge in [0.15, 0.2) is 0 Å². The lowest BCUT2D eigenvalue weighted by atomic mass is 10.3. The number of anilines is 1. The van der Waals surface area contributed by atoms with Crippen molar-refractivity contribution in [2.24, 2.45) is 5.73 Å². The fourth-order valence-electron chi connectivity index (χ4n) is 1.27. The van der Waals surface area contributed by atoms with Crippen LogP contribution in [0.2, 0.25) is 0 Å². The third-order valence-corrected chi connectivity index (χ3v) is 2.13. The van der Waals surface area contributed by atoms with Crippen LogP contribution < -0.4 is 10.6 Å². The monoisotopic (exact) mass is 251 g/mol. The smallest absolute Gasteiger partial charge is 0.128 e. The van der Waals surface area contributed by atoms with E-state index in [9.17, 15) is 0 Å². The standard InChI is InChI=1S/C10H17N3.2ClH/c1-3-13(4-2)10-6-5-9(7-11)8-12-10;;/h5-6,8H,3-4,7,11H2,1-2H3;2*1H. The third kappa shape index (κ3) is 4.69. The van der Waals surface area contributed by atoms with Crippen LogP contribution in [0.3, 0.4) is 0 Å². The quantitative estimate of drug-likeness (QED) is 0.893. The summed E-state index contributed by atoms with van der Waals surface area (Å²) in [6.07, 6.45) is 1.84. The fourth-order valence-corrected chi connectivity index (χ4v) is 1.27. The summed E-state index contributed by atoms with van der Waals surface area (Å²) in [5.74, 6) is 1.03. The molecule has 0 aliphatic carbocycles. The van der Waals surface area contributed by atoms with E-state index in [2.05, 4.69) is 23.7 Å². The van der Waals surface area contributed by atoms with Gasteiger partial charge in [-0.3, -0.25) is 0 Å². The van der Waals surface area contributed by atoms with Gasteiger partial charge >= 0.3 is 0 Å². The molecule has 0 radical (unpaired) electrons. The van der Waals surface area contributed by atoms with Gasteiger partial charge < -0.3 is 10.6 Å². The van der Waals surface area contributed by atoms with Crippen LogP contribution in [0.1, 0.15) is 19.4 Å². The van der Waals surface area contributed by atoms with Crippen molar-refractivity contribution in [3.8, 4) is 0 Å². The molecule has 0 unspecified atom stereocenters.